The molecular formula is C13H26N4O. The Labute approximate surface area is 110 Å². The third kappa shape index (κ3) is 6.71. The topological polar surface area (TPSA) is 52.0 Å². The monoisotopic (exact) mass is 254 g/mol. The Morgan fingerprint density at radius 3 is 2.72 bits per heavy atom. The van der Waals surface area contributed by atoms with Gasteiger partial charge >= 0.3 is 0 Å². The first-order chi connectivity index (χ1) is 8.58. The van der Waals surface area contributed by atoms with E-state index in [0.29, 0.717) is 18.4 Å². The molecule has 0 aliphatic carbocycles. The number of nitrogens with zero attached hydrogens (tertiary/aromatic N) is 3. The Hall–Kier alpha value is -0.940. The van der Waals surface area contributed by atoms with E-state index >= 15 is 0 Å². The first-order valence-electron chi connectivity index (χ1n) is 6.74. The van der Waals surface area contributed by atoms with Crippen molar-refractivity contribution < 1.29 is 4.74 Å². The second kappa shape index (κ2) is 8.21. The molecule has 1 aromatic heterocycles. The van der Waals surface area contributed by atoms with E-state index in [2.05, 4.69) is 43.1 Å². The van der Waals surface area contributed by atoms with Gasteiger partial charge in [0.05, 0.1) is 19.7 Å². The van der Waals surface area contributed by atoms with Gasteiger partial charge in [-0.05, 0) is 18.4 Å². The smallest absolute Gasteiger partial charge is 0.164 e. The molecule has 0 unspecified atom stereocenters. The largest absolute Gasteiger partial charge is 0.379 e. The molecule has 0 aliphatic rings. The lowest BCUT2D eigenvalue weighted by atomic mass is 10.2. The average molecular weight is 254 g/mol. The van der Waals surface area contributed by atoms with Crippen molar-refractivity contribution in [3.63, 3.8) is 0 Å². The van der Waals surface area contributed by atoms with E-state index in [9.17, 15) is 0 Å². The van der Waals surface area contributed by atoms with Crippen molar-refractivity contribution in [2.75, 3.05) is 19.8 Å². The molecule has 18 heavy (non-hydrogen) atoms. The predicted molar refractivity (Wildman–Crippen MR) is 72.2 cm³/mol. The lowest BCUT2D eigenvalue weighted by molar-refractivity contribution is 0.101. The summed E-state index contributed by atoms with van der Waals surface area (Å²) >= 11 is 0. The Morgan fingerprint density at radius 2 is 2.06 bits per heavy atom. The van der Waals surface area contributed by atoms with Gasteiger partial charge in [0.15, 0.2) is 5.82 Å². The van der Waals surface area contributed by atoms with Gasteiger partial charge in [-0.25, -0.2) is 4.98 Å². The Morgan fingerprint density at radius 1 is 1.28 bits per heavy atom. The van der Waals surface area contributed by atoms with Crippen LogP contribution in [0.4, 0.5) is 0 Å². The predicted octanol–water partition coefficient (Wildman–Crippen LogP) is 1.70. The van der Waals surface area contributed by atoms with E-state index < -0.39 is 0 Å². The van der Waals surface area contributed by atoms with Gasteiger partial charge in [0.2, 0.25) is 0 Å². The van der Waals surface area contributed by atoms with E-state index in [-0.39, 0.29) is 0 Å². The summed E-state index contributed by atoms with van der Waals surface area (Å²) in [6.07, 6.45) is 1.77. The second-order valence-electron chi connectivity index (χ2n) is 5.42. The molecule has 1 N–H and O–H groups in total. The van der Waals surface area contributed by atoms with Gasteiger partial charge in [0.25, 0.3) is 0 Å². The van der Waals surface area contributed by atoms with Crippen molar-refractivity contribution in [1.82, 2.24) is 20.1 Å². The number of rotatable bonds is 9. The normalized spacial score (nSPS) is 11.7. The van der Waals surface area contributed by atoms with Crippen LogP contribution in [0, 0.1) is 11.8 Å². The summed E-state index contributed by atoms with van der Waals surface area (Å²) in [7, 11) is 0. The maximum atomic E-state index is 5.52. The molecule has 0 fully saturated rings. The number of hydrogen-bond donors (Lipinski definition) is 1. The van der Waals surface area contributed by atoms with Gasteiger partial charge in [-0.3, -0.25) is 4.68 Å². The van der Waals surface area contributed by atoms with E-state index in [0.717, 1.165) is 32.1 Å². The first-order valence-corrected chi connectivity index (χ1v) is 6.74. The summed E-state index contributed by atoms with van der Waals surface area (Å²) in [5.74, 6) is 2.08. The zero-order valence-corrected chi connectivity index (χ0v) is 12.0. The number of hydrogen-bond acceptors (Lipinski definition) is 4. The van der Waals surface area contributed by atoms with Crippen LogP contribution in [0.25, 0.3) is 0 Å². The molecule has 0 aromatic carbocycles. The fourth-order valence-corrected chi connectivity index (χ4v) is 1.47. The van der Waals surface area contributed by atoms with Gasteiger partial charge < -0.3 is 10.1 Å². The van der Waals surface area contributed by atoms with Crippen LogP contribution in [0.5, 0.6) is 0 Å². The molecule has 0 saturated carbocycles. The van der Waals surface area contributed by atoms with E-state index in [1.165, 1.54) is 0 Å². The van der Waals surface area contributed by atoms with Crippen LogP contribution in [0.3, 0.4) is 0 Å². The van der Waals surface area contributed by atoms with Crippen LogP contribution in [-0.4, -0.2) is 34.5 Å². The standard InChI is InChI=1S/C13H26N4O/c1-11(2)7-14-8-13-15-10-17(16-13)5-6-18-9-12(3)4/h10-12,14H,5-9H2,1-4H3. The summed E-state index contributed by atoms with van der Waals surface area (Å²) in [6.45, 7) is 12.7. The highest BCUT2D eigenvalue weighted by atomic mass is 16.5. The molecule has 104 valence electrons. The van der Waals surface area contributed by atoms with Crippen LogP contribution in [0.2, 0.25) is 0 Å². The van der Waals surface area contributed by atoms with E-state index in [4.69, 9.17) is 4.74 Å². The summed E-state index contributed by atoms with van der Waals surface area (Å²) in [6, 6.07) is 0. The zero-order valence-electron chi connectivity index (χ0n) is 12.0. The third-order valence-corrected chi connectivity index (χ3v) is 2.34. The molecule has 0 radical (unpaired) electrons. The van der Waals surface area contributed by atoms with Gasteiger partial charge in [0.1, 0.15) is 6.33 Å². The maximum absolute atomic E-state index is 5.52. The molecule has 0 spiro atoms. The molecule has 0 amide bonds. The molecule has 1 aromatic rings. The minimum atomic E-state index is 0.580. The molecule has 1 rings (SSSR count). The summed E-state index contributed by atoms with van der Waals surface area (Å²) in [5, 5.41) is 7.71. The van der Waals surface area contributed by atoms with Crippen LogP contribution in [-0.2, 0) is 17.8 Å². The fraction of sp³-hybridized carbons (Fsp3) is 0.846. The van der Waals surface area contributed by atoms with Crippen molar-refractivity contribution >= 4 is 0 Å². The minimum absolute atomic E-state index is 0.580. The number of aromatic nitrogens is 3. The molecule has 5 nitrogen and oxygen atoms in total. The van der Waals surface area contributed by atoms with Crippen LogP contribution in [0.1, 0.15) is 33.5 Å². The van der Waals surface area contributed by atoms with Crippen molar-refractivity contribution in [3.05, 3.63) is 12.2 Å². The lowest BCUT2D eigenvalue weighted by Crippen LogP contribution is -2.20. The highest BCUT2D eigenvalue weighted by Crippen LogP contribution is 1.95. The van der Waals surface area contributed by atoms with Gasteiger partial charge in [-0.2, -0.15) is 5.10 Å². The molecular weight excluding hydrogens is 228 g/mol. The van der Waals surface area contributed by atoms with Crippen molar-refractivity contribution in [2.24, 2.45) is 11.8 Å². The molecule has 0 atom stereocenters. The summed E-state index contributed by atoms with van der Waals surface area (Å²) in [4.78, 5) is 4.26. The minimum Gasteiger partial charge on any atom is -0.379 e. The van der Waals surface area contributed by atoms with Gasteiger partial charge in [0, 0.05) is 6.61 Å². The molecule has 5 heteroatoms. The van der Waals surface area contributed by atoms with Gasteiger partial charge in [-0.15, -0.1) is 0 Å². The lowest BCUT2D eigenvalue weighted by Gasteiger charge is -2.06. The van der Waals surface area contributed by atoms with Crippen LogP contribution >= 0.6 is 0 Å². The SMILES string of the molecule is CC(C)CNCc1ncn(CCOCC(C)C)n1. The zero-order chi connectivity index (χ0) is 13.4. The summed E-state index contributed by atoms with van der Waals surface area (Å²) < 4.78 is 7.36. The Kier molecular flexibility index (Phi) is 6.90. The molecule has 0 aliphatic heterocycles. The Bertz CT molecular complexity index is 323. The average Bonchev–Trinajstić information content (AvgIpc) is 2.72. The summed E-state index contributed by atoms with van der Waals surface area (Å²) in [5.41, 5.74) is 0. The second-order valence-corrected chi connectivity index (χ2v) is 5.42. The number of ether oxygens (including phenoxy) is 1. The highest BCUT2D eigenvalue weighted by molar-refractivity contribution is 4.80. The van der Waals surface area contributed by atoms with Crippen LogP contribution in [0.15, 0.2) is 6.33 Å². The first kappa shape index (κ1) is 15.1. The van der Waals surface area contributed by atoms with E-state index in [1.54, 1.807) is 6.33 Å². The number of nitrogens with one attached hydrogen (secondary N) is 1. The maximum Gasteiger partial charge on any atom is 0.164 e. The molecule has 0 saturated heterocycles. The fourth-order valence-electron chi connectivity index (χ4n) is 1.47. The molecule has 0 bridgehead atoms. The van der Waals surface area contributed by atoms with E-state index in [1.807, 2.05) is 4.68 Å². The van der Waals surface area contributed by atoms with Crippen LogP contribution < -0.4 is 5.32 Å². The molecule has 1 heterocycles. The quantitative estimate of drug-likeness (QED) is 0.681. The third-order valence-electron chi connectivity index (χ3n) is 2.34. The Balaban J connectivity index is 2.17. The van der Waals surface area contributed by atoms with Crippen molar-refractivity contribution in [2.45, 2.75) is 40.8 Å². The highest BCUT2D eigenvalue weighted by Gasteiger charge is 2.01. The van der Waals surface area contributed by atoms with Crippen molar-refractivity contribution in [1.29, 1.82) is 0 Å². The van der Waals surface area contributed by atoms with Crippen molar-refractivity contribution in [3.8, 4) is 0 Å². The van der Waals surface area contributed by atoms with Gasteiger partial charge in [-0.1, -0.05) is 27.7 Å².